The second kappa shape index (κ2) is 5.74. The summed E-state index contributed by atoms with van der Waals surface area (Å²) in [6.07, 6.45) is 0. The lowest BCUT2D eigenvalue weighted by Crippen LogP contribution is -1.99. The van der Waals surface area contributed by atoms with Crippen LogP contribution in [0.2, 0.25) is 10.0 Å². The maximum Gasteiger partial charge on any atom is 0.0638 e. The molecule has 0 bridgehead atoms. The standard InChI is InChI=1S/C17H13Cl2N/c18-15-7-8-16(19)17(10-15)20-11-12-5-6-13-3-1-2-4-14(13)9-12/h1-10,20H,11H2. The highest BCUT2D eigenvalue weighted by Crippen LogP contribution is 2.26. The van der Waals surface area contributed by atoms with Crippen LogP contribution in [0.25, 0.3) is 10.8 Å². The molecule has 0 aliphatic rings. The highest BCUT2D eigenvalue weighted by Gasteiger charge is 2.02. The third-order valence-corrected chi connectivity index (χ3v) is 3.79. The third kappa shape index (κ3) is 2.90. The molecule has 1 N–H and O–H groups in total. The van der Waals surface area contributed by atoms with Gasteiger partial charge < -0.3 is 5.32 Å². The van der Waals surface area contributed by atoms with Crippen LogP contribution in [-0.4, -0.2) is 0 Å². The van der Waals surface area contributed by atoms with E-state index in [1.165, 1.54) is 16.3 Å². The van der Waals surface area contributed by atoms with E-state index in [1.807, 2.05) is 18.2 Å². The molecule has 20 heavy (non-hydrogen) atoms. The van der Waals surface area contributed by atoms with Gasteiger partial charge in [-0.05, 0) is 40.6 Å². The van der Waals surface area contributed by atoms with E-state index in [0.717, 1.165) is 5.69 Å². The van der Waals surface area contributed by atoms with Crippen LogP contribution in [0, 0.1) is 0 Å². The summed E-state index contributed by atoms with van der Waals surface area (Å²) in [6, 6.07) is 20.2. The van der Waals surface area contributed by atoms with Crippen LogP contribution in [0.5, 0.6) is 0 Å². The van der Waals surface area contributed by atoms with Gasteiger partial charge in [0.15, 0.2) is 0 Å². The minimum Gasteiger partial charge on any atom is -0.380 e. The first-order valence-corrected chi connectivity index (χ1v) is 7.14. The Morgan fingerprint density at radius 1 is 0.800 bits per heavy atom. The van der Waals surface area contributed by atoms with Crippen molar-refractivity contribution >= 4 is 39.7 Å². The lowest BCUT2D eigenvalue weighted by atomic mass is 10.1. The SMILES string of the molecule is Clc1ccc(Cl)c(NCc2ccc3ccccc3c2)c1. The largest absolute Gasteiger partial charge is 0.380 e. The summed E-state index contributed by atoms with van der Waals surface area (Å²) >= 11 is 12.1. The number of fused-ring (bicyclic) bond motifs is 1. The van der Waals surface area contributed by atoms with Crippen molar-refractivity contribution in [3.05, 3.63) is 76.3 Å². The molecule has 0 saturated heterocycles. The minimum absolute atomic E-state index is 0.676. The van der Waals surface area contributed by atoms with Gasteiger partial charge in [-0.1, -0.05) is 59.6 Å². The number of hydrogen-bond acceptors (Lipinski definition) is 1. The topological polar surface area (TPSA) is 12.0 Å². The zero-order valence-electron chi connectivity index (χ0n) is 10.7. The Hall–Kier alpha value is -1.70. The average molecular weight is 302 g/mol. The van der Waals surface area contributed by atoms with E-state index < -0.39 is 0 Å². The second-order valence-electron chi connectivity index (χ2n) is 4.66. The molecule has 3 aromatic rings. The fourth-order valence-corrected chi connectivity index (χ4v) is 2.54. The molecule has 0 heterocycles. The van der Waals surface area contributed by atoms with E-state index in [2.05, 4.69) is 35.6 Å². The number of anilines is 1. The number of benzene rings is 3. The summed E-state index contributed by atoms with van der Waals surface area (Å²) < 4.78 is 0. The molecular weight excluding hydrogens is 289 g/mol. The summed E-state index contributed by atoms with van der Waals surface area (Å²) in [5.41, 5.74) is 2.06. The Labute approximate surface area is 128 Å². The van der Waals surface area contributed by atoms with Crippen LogP contribution in [0.4, 0.5) is 5.69 Å². The van der Waals surface area contributed by atoms with Crippen molar-refractivity contribution in [2.45, 2.75) is 6.54 Å². The molecule has 3 aromatic carbocycles. The molecule has 0 radical (unpaired) electrons. The number of hydrogen-bond donors (Lipinski definition) is 1. The van der Waals surface area contributed by atoms with Gasteiger partial charge in [-0.2, -0.15) is 0 Å². The van der Waals surface area contributed by atoms with Gasteiger partial charge >= 0.3 is 0 Å². The molecule has 0 amide bonds. The summed E-state index contributed by atoms with van der Waals surface area (Å²) in [6.45, 7) is 0.713. The highest BCUT2D eigenvalue weighted by atomic mass is 35.5. The molecule has 0 aromatic heterocycles. The maximum absolute atomic E-state index is 6.14. The summed E-state index contributed by atoms with van der Waals surface area (Å²) in [5, 5.41) is 7.16. The van der Waals surface area contributed by atoms with Crippen LogP contribution in [0.1, 0.15) is 5.56 Å². The quantitative estimate of drug-likeness (QED) is 0.648. The number of nitrogens with one attached hydrogen (secondary N) is 1. The van der Waals surface area contributed by atoms with E-state index in [0.29, 0.717) is 16.6 Å². The van der Waals surface area contributed by atoms with Crippen molar-refractivity contribution in [2.75, 3.05) is 5.32 Å². The van der Waals surface area contributed by atoms with Crippen molar-refractivity contribution in [2.24, 2.45) is 0 Å². The first-order valence-electron chi connectivity index (χ1n) is 6.39. The summed E-state index contributed by atoms with van der Waals surface area (Å²) in [5.74, 6) is 0. The van der Waals surface area contributed by atoms with Gasteiger partial charge in [0, 0.05) is 11.6 Å². The molecule has 0 atom stereocenters. The van der Waals surface area contributed by atoms with E-state index in [1.54, 1.807) is 12.1 Å². The maximum atomic E-state index is 6.14. The Balaban J connectivity index is 1.81. The molecule has 100 valence electrons. The van der Waals surface area contributed by atoms with Gasteiger partial charge in [0.05, 0.1) is 10.7 Å². The van der Waals surface area contributed by atoms with Crippen molar-refractivity contribution in [1.29, 1.82) is 0 Å². The van der Waals surface area contributed by atoms with E-state index in [4.69, 9.17) is 23.2 Å². The van der Waals surface area contributed by atoms with Crippen molar-refractivity contribution < 1.29 is 0 Å². The summed E-state index contributed by atoms with van der Waals surface area (Å²) in [7, 11) is 0. The van der Waals surface area contributed by atoms with Crippen LogP contribution in [0.15, 0.2) is 60.7 Å². The van der Waals surface area contributed by atoms with Gasteiger partial charge in [-0.15, -0.1) is 0 Å². The molecular formula is C17H13Cl2N. The van der Waals surface area contributed by atoms with E-state index in [9.17, 15) is 0 Å². The predicted molar refractivity (Wildman–Crippen MR) is 87.7 cm³/mol. The van der Waals surface area contributed by atoms with E-state index in [-0.39, 0.29) is 0 Å². The molecule has 0 aliphatic carbocycles. The fraction of sp³-hybridized carbons (Fsp3) is 0.0588. The molecule has 3 heteroatoms. The monoisotopic (exact) mass is 301 g/mol. The molecule has 0 aliphatic heterocycles. The molecule has 1 nitrogen and oxygen atoms in total. The molecule has 0 spiro atoms. The molecule has 0 saturated carbocycles. The van der Waals surface area contributed by atoms with Crippen LogP contribution in [-0.2, 0) is 6.54 Å². The Kier molecular flexibility index (Phi) is 3.81. The van der Waals surface area contributed by atoms with Crippen LogP contribution in [0.3, 0.4) is 0 Å². The average Bonchev–Trinajstić information content (AvgIpc) is 2.48. The van der Waals surface area contributed by atoms with Gasteiger partial charge in [-0.3, -0.25) is 0 Å². The van der Waals surface area contributed by atoms with Gasteiger partial charge in [0.25, 0.3) is 0 Å². The zero-order chi connectivity index (χ0) is 13.9. The molecule has 0 unspecified atom stereocenters. The van der Waals surface area contributed by atoms with Gasteiger partial charge in [0.2, 0.25) is 0 Å². The Bertz CT molecular complexity index is 753. The van der Waals surface area contributed by atoms with Crippen molar-refractivity contribution in [3.63, 3.8) is 0 Å². The molecule has 3 rings (SSSR count). The highest BCUT2D eigenvalue weighted by molar-refractivity contribution is 6.35. The van der Waals surface area contributed by atoms with Gasteiger partial charge in [-0.25, -0.2) is 0 Å². The molecule has 0 fully saturated rings. The summed E-state index contributed by atoms with van der Waals surface area (Å²) in [4.78, 5) is 0. The van der Waals surface area contributed by atoms with Gasteiger partial charge in [0.1, 0.15) is 0 Å². The predicted octanol–water partition coefficient (Wildman–Crippen LogP) is 5.76. The first-order chi connectivity index (χ1) is 9.72. The van der Waals surface area contributed by atoms with Crippen LogP contribution >= 0.6 is 23.2 Å². The minimum atomic E-state index is 0.676. The second-order valence-corrected chi connectivity index (χ2v) is 5.50. The third-order valence-electron chi connectivity index (χ3n) is 3.23. The number of rotatable bonds is 3. The van der Waals surface area contributed by atoms with Crippen molar-refractivity contribution in [3.8, 4) is 0 Å². The number of halogens is 2. The lowest BCUT2D eigenvalue weighted by molar-refractivity contribution is 1.16. The lowest BCUT2D eigenvalue weighted by Gasteiger charge is -2.09. The fourth-order valence-electron chi connectivity index (χ4n) is 2.18. The van der Waals surface area contributed by atoms with Crippen molar-refractivity contribution in [1.82, 2.24) is 0 Å². The Morgan fingerprint density at radius 3 is 2.45 bits per heavy atom. The zero-order valence-corrected chi connectivity index (χ0v) is 12.2. The smallest absolute Gasteiger partial charge is 0.0638 e. The van der Waals surface area contributed by atoms with Crippen LogP contribution < -0.4 is 5.32 Å². The first kappa shape index (κ1) is 13.3. The normalized spacial score (nSPS) is 10.7. The van der Waals surface area contributed by atoms with E-state index >= 15 is 0 Å². The Morgan fingerprint density at radius 2 is 1.60 bits per heavy atom.